The number of alkyl halides is 2. The molecule has 0 radical (unpaired) electrons. The molecule has 23 heavy (non-hydrogen) atoms. The minimum atomic E-state index is -2.83. The van der Waals surface area contributed by atoms with Crippen molar-refractivity contribution in [2.45, 2.75) is 19.7 Å². The minimum absolute atomic E-state index is 0.136. The fourth-order valence-electron chi connectivity index (χ4n) is 1.99. The lowest BCUT2D eigenvalue weighted by Gasteiger charge is -2.12. The first-order valence-electron chi connectivity index (χ1n) is 7.03. The van der Waals surface area contributed by atoms with Gasteiger partial charge in [-0.1, -0.05) is 12.1 Å². The lowest BCUT2D eigenvalue weighted by atomic mass is 10.2. The molecule has 0 aliphatic rings. The van der Waals surface area contributed by atoms with Crippen molar-refractivity contribution in [1.82, 2.24) is 20.4 Å². The molecule has 8 heteroatoms. The number of nitrogens with one attached hydrogen (secondary N) is 2. The number of aliphatic imine (C=N–C) groups is 1. The van der Waals surface area contributed by atoms with Crippen LogP contribution in [0.4, 0.5) is 8.78 Å². The van der Waals surface area contributed by atoms with Crippen LogP contribution < -0.4 is 15.4 Å². The monoisotopic (exact) mass is 323 g/mol. The second-order valence-electron chi connectivity index (χ2n) is 4.75. The number of nitrogens with zero attached hydrogens (tertiary/aromatic N) is 3. The maximum Gasteiger partial charge on any atom is 0.387 e. The highest BCUT2D eigenvalue weighted by atomic mass is 19.3. The van der Waals surface area contributed by atoms with Gasteiger partial charge in [-0.25, -0.2) is 0 Å². The summed E-state index contributed by atoms with van der Waals surface area (Å²) >= 11 is 0. The van der Waals surface area contributed by atoms with Crippen molar-refractivity contribution in [3.63, 3.8) is 0 Å². The first kappa shape index (κ1) is 16.7. The van der Waals surface area contributed by atoms with Crippen LogP contribution in [0.15, 0.2) is 41.5 Å². The Hall–Kier alpha value is -2.64. The predicted molar refractivity (Wildman–Crippen MR) is 83.3 cm³/mol. The van der Waals surface area contributed by atoms with E-state index < -0.39 is 6.61 Å². The van der Waals surface area contributed by atoms with E-state index in [9.17, 15) is 8.78 Å². The van der Waals surface area contributed by atoms with Crippen LogP contribution in [0.5, 0.6) is 5.75 Å². The number of halogens is 2. The third kappa shape index (κ3) is 5.24. The lowest BCUT2D eigenvalue weighted by Crippen LogP contribution is -2.36. The Bertz CT molecular complexity index is 657. The molecule has 0 spiro atoms. The van der Waals surface area contributed by atoms with E-state index in [4.69, 9.17) is 0 Å². The van der Waals surface area contributed by atoms with E-state index in [1.54, 1.807) is 30.1 Å². The molecule has 0 unspecified atom stereocenters. The highest BCUT2D eigenvalue weighted by Gasteiger charge is 2.05. The van der Waals surface area contributed by atoms with Gasteiger partial charge in [0.1, 0.15) is 5.75 Å². The summed E-state index contributed by atoms with van der Waals surface area (Å²) in [6.07, 6.45) is 1.72. The van der Waals surface area contributed by atoms with Gasteiger partial charge in [-0.2, -0.15) is 13.9 Å². The highest BCUT2D eigenvalue weighted by Crippen LogP contribution is 2.15. The van der Waals surface area contributed by atoms with Crippen LogP contribution in [0.1, 0.15) is 11.3 Å². The fraction of sp³-hybridized carbons (Fsp3) is 0.333. The van der Waals surface area contributed by atoms with E-state index in [1.807, 2.05) is 19.2 Å². The summed E-state index contributed by atoms with van der Waals surface area (Å²) in [5.74, 6) is 0.739. The molecule has 1 aromatic carbocycles. The van der Waals surface area contributed by atoms with Crippen molar-refractivity contribution in [1.29, 1.82) is 0 Å². The van der Waals surface area contributed by atoms with Gasteiger partial charge >= 0.3 is 6.61 Å². The Balaban J connectivity index is 1.87. The maximum absolute atomic E-state index is 12.2. The van der Waals surface area contributed by atoms with E-state index in [1.165, 1.54) is 6.07 Å². The van der Waals surface area contributed by atoms with Gasteiger partial charge < -0.3 is 15.4 Å². The van der Waals surface area contributed by atoms with Crippen LogP contribution in [0.3, 0.4) is 0 Å². The molecule has 2 rings (SSSR count). The van der Waals surface area contributed by atoms with Crippen LogP contribution in [0.25, 0.3) is 0 Å². The molecule has 0 aliphatic heterocycles. The van der Waals surface area contributed by atoms with Gasteiger partial charge in [-0.05, 0) is 23.8 Å². The summed E-state index contributed by atoms with van der Waals surface area (Å²) in [6, 6.07) is 8.45. The van der Waals surface area contributed by atoms with Gasteiger partial charge in [0.25, 0.3) is 0 Å². The molecule has 0 saturated heterocycles. The summed E-state index contributed by atoms with van der Waals surface area (Å²) in [7, 11) is 3.52. The largest absolute Gasteiger partial charge is 0.435 e. The van der Waals surface area contributed by atoms with Crippen LogP contribution in [0, 0.1) is 0 Å². The van der Waals surface area contributed by atoms with E-state index in [0.717, 1.165) is 11.3 Å². The zero-order valence-corrected chi connectivity index (χ0v) is 13.0. The summed E-state index contributed by atoms with van der Waals surface area (Å²) in [4.78, 5) is 4.12. The topological polar surface area (TPSA) is 63.5 Å². The first-order valence-corrected chi connectivity index (χ1v) is 7.03. The van der Waals surface area contributed by atoms with E-state index in [-0.39, 0.29) is 5.75 Å². The molecule has 0 bridgehead atoms. The minimum Gasteiger partial charge on any atom is -0.435 e. The SMILES string of the molecule is CN=C(NCc1cccc(OC(F)F)c1)NCc1ccnn1C. The third-order valence-corrected chi connectivity index (χ3v) is 3.17. The molecule has 6 nitrogen and oxygen atoms in total. The summed E-state index contributed by atoms with van der Waals surface area (Å²) in [5.41, 5.74) is 1.83. The molecule has 0 atom stereocenters. The van der Waals surface area contributed by atoms with Gasteiger partial charge in [0.05, 0.1) is 12.2 Å². The molecule has 0 amide bonds. The smallest absolute Gasteiger partial charge is 0.387 e. The van der Waals surface area contributed by atoms with Crippen molar-refractivity contribution in [2.24, 2.45) is 12.0 Å². The first-order chi connectivity index (χ1) is 11.1. The van der Waals surface area contributed by atoms with Crippen LogP contribution >= 0.6 is 0 Å². The Kier molecular flexibility index (Phi) is 5.90. The quantitative estimate of drug-likeness (QED) is 0.629. The van der Waals surface area contributed by atoms with E-state index in [2.05, 4.69) is 25.5 Å². The maximum atomic E-state index is 12.2. The fourth-order valence-corrected chi connectivity index (χ4v) is 1.99. The van der Waals surface area contributed by atoms with Gasteiger partial charge in [0.2, 0.25) is 0 Å². The van der Waals surface area contributed by atoms with Gasteiger partial charge in [-0.15, -0.1) is 0 Å². The number of ether oxygens (including phenoxy) is 1. The lowest BCUT2D eigenvalue weighted by molar-refractivity contribution is -0.0498. The number of rotatable bonds is 6. The Morgan fingerprint density at radius 1 is 1.30 bits per heavy atom. The van der Waals surface area contributed by atoms with Crippen molar-refractivity contribution in [3.05, 3.63) is 47.8 Å². The normalized spacial score (nSPS) is 11.6. The van der Waals surface area contributed by atoms with Gasteiger partial charge in [-0.3, -0.25) is 9.67 Å². The molecule has 0 saturated carbocycles. The van der Waals surface area contributed by atoms with Crippen LogP contribution in [0.2, 0.25) is 0 Å². The van der Waals surface area contributed by atoms with Crippen LogP contribution in [-0.2, 0) is 20.1 Å². The number of aromatic nitrogens is 2. The standard InChI is InChI=1S/C15H19F2N5O/c1-18-15(20-10-12-6-7-21-22(12)2)19-9-11-4-3-5-13(8-11)23-14(16)17/h3-8,14H,9-10H2,1-2H3,(H2,18,19,20). The van der Waals surface area contributed by atoms with Crippen LogP contribution in [-0.4, -0.2) is 29.4 Å². The van der Waals surface area contributed by atoms with Crippen molar-refractivity contribution in [3.8, 4) is 5.75 Å². The Labute approximate surface area is 133 Å². The van der Waals surface area contributed by atoms with Crippen molar-refractivity contribution >= 4 is 5.96 Å². The Morgan fingerprint density at radius 2 is 2.09 bits per heavy atom. The van der Waals surface area contributed by atoms with E-state index >= 15 is 0 Å². The highest BCUT2D eigenvalue weighted by molar-refractivity contribution is 5.79. The van der Waals surface area contributed by atoms with E-state index in [0.29, 0.717) is 19.0 Å². The molecule has 2 N–H and O–H groups in total. The Morgan fingerprint density at radius 3 is 2.74 bits per heavy atom. The number of hydrogen-bond acceptors (Lipinski definition) is 3. The van der Waals surface area contributed by atoms with Crippen molar-refractivity contribution < 1.29 is 13.5 Å². The predicted octanol–water partition coefficient (Wildman–Crippen LogP) is 1.89. The molecular formula is C15H19F2N5O. The number of aryl methyl sites for hydroxylation is 1. The number of hydrogen-bond donors (Lipinski definition) is 2. The van der Waals surface area contributed by atoms with Gasteiger partial charge in [0.15, 0.2) is 5.96 Å². The molecule has 1 aromatic heterocycles. The molecule has 0 aliphatic carbocycles. The third-order valence-electron chi connectivity index (χ3n) is 3.17. The van der Waals surface area contributed by atoms with Gasteiger partial charge in [0, 0.05) is 26.8 Å². The molecule has 2 aromatic rings. The number of benzene rings is 1. The summed E-state index contributed by atoms with van der Waals surface area (Å²) in [6.45, 7) is -1.82. The average Bonchev–Trinajstić information content (AvgIpc) is 2.92. The molecule has 124 valence electrons. The molecule has 0 fully saturated rings. The second kappa shape index (κ2) is 8.11. The summed E-state index contributed by atoms with van der Waals surface area (Å²) in [5, 5.41) is 10.4. The number of guanidine groups is 1. The molecular weight excluding hydrogens is 304 g/mol. The summed E-state index contributed by atoms with van der Waals surface area (Å²) < 4.78 is 30.6. The average molecular weight is 323 g/mol. The van der Waals surface area contributed by atoms with Crippen molar-refractivity contribution in [2.75, 3.05) is 7.05 Å². The molecule has 1 heterocycles. The zero-order valence-electron chi connectivity index (χ0n) is 13.0. The second-order valence-corrected chi connectivity index (χ2v) is 4.75. The zero-order chi connectivity index (χ0) is 16.7.